The SMILES string of the molecule is [N-]=[N+]=NCC(=O)N1CC(O)C1. The highest BCUT2D eigenvalue weighted by Gasteiger charge is 2.27. The van der Waals surface area contributed by atoms with E-state index in [0.29, 0.717) is 13.1 Å². The third kappa shape index (κ3) is 1.83. The van der Waals surface area contributed by atoms with Crippen LogP contribution in [0.1, 0.15) is 0 Å². The second-order valence-electron chi connectivity index (χ2n) is 2.34. The Kier molecular flexibility index (Phi) is 2.30. The molecule has 0 atom stereocenters. The minimum atomic E-state index is -0.398. The number of carbonyl (C=O) groups is 1. The predicted molar refractivity (Wildman–Crippen MR) is 36.6 cm³/mol. The van der Waals surface area contributed by atoms with Gasteiger partial charge in [-0.15, -0.1) is 0 Å². The highest BCUT2D eigenvalue weighted by atomic mass is 16.3. The highest BCUT2D eigenvalue weighted by molar-refractivity contribution is 5.79. The van der Waals surface area contributed by atoms with E-state index >= 15 is 0 Å². The van der Waals surface area contributed by atoms with Gasteiger partial charge >= 0.3 is 0 Å². The molecule has 0 unspecified atom stereocenters. The minimum Gasteiger partial charge on any atom is -0.389 e. The lowest BCUT2D eigenvalue weighted by Crippen LogP contribution is -2.54. The first-order valence-corrected chi connectivity index (χ1v) is 3.20. The Morgan fingerprint density at radius 1 is 1.82 bits per heavy atom. The molecule has 0 aromatic rings. The Labute approximate surface area is 63.0 Å². The number of hydrogen-bond acceptors (Lipinski definition) is 3. The summed E-state index contributed by atoms with van der Waals surface area (Å²) in [6, 6.07) is 0. The Morgan fingerprint density at radius 3 is 2.91 bits per heavy atom. The summed E-state index contributed by atoms with van der Waals surface area (Å²) >= 11 is 0. The highest BCUT2D eigenvalue weighted by Crippen LogP contribution is 2.06. The molecule has 0 aromatic heterocycles. The van der Waals surface area contributed by atoms with Gasteiger partial charge in [-0.3, -0.25) is 4.79 Å². The third-order valence-corrected chi connectivity index (χ3v) is 1.48. The molecule has 60 valence electrons. The number of azide groups is 1. The average Bonchev–Trinajstić information content (AvgIpc) is 1.94. The molecule has 0 saturated carbocycles. The smallest absolute Gasteiger partial charge is 0.228 e. The summed E-state index contributed by atoms with van der Waals surface area (Å²) in [5, 5.41) is 11.9. The van der Waals surface area contributed by atoms with Crippen LogP contribution in [0.4, 0.5) is 0 Å². The van der Waals surface area contributed by atoms with Crippen molar-refractivity contribution in [2.45, 2.75) is 6.10 Å². The van der Waals surface area contributed by atoms with E-state index in [1.165, 1.54) is 4.90 Å². The summed E-state index contributed by atoms with van der Waals surface area (Å²) in [5.41, 5.74) is 7.88. The van der Waals surface area contributed by atoms with E-state index in [1.54, 1.807) is 0 Å². The standard InChI is InChI=1S/C5H8N4O2/c6-8-7-1-5(11)9-2-4(10)3-9/h4,10H,1-3H2. The molecular formula is C5H8N4O2. The van der Waals surface area contributed by atoms with Crippen molar-refractivity contribution in [2.75, 3.05) is 19.6 Å². The summed E-state index contributed by atoms with van der Waals surface area (Å²) in [6.45, 7) is 0.572. The molecule has 0 spiro atoms. The van der Waals surface area contributed by atoms with Crippen LogP contribution in [0.25, 0.3) is 10.4 Å². The van der Waals surface area contributed by atoms with Gasteiger partial charge in [-0.25, -0.2) is 0 Å². The van der Waals surface area contributed by atoms with Crippen molar-refractivity contribution in [3.05, 3.63) is 10.4 Å². The zero-order valence-corrected chi connectivity index (χ0v) is 5.84. The Balaban J connectivity index is 2.26. The van der Waals surface area contributed by atoms with Gasteiger partial charge in [-0.2, -0.15) is 0 Å². The van der Waals surface area contributed by atoms with Crippen LogP contribution in [0.3, 0.4) is 0 Å². The largest absolute Gasteiger partial charge is 0.389 e. The van der Waals surface area contributed by atoms with Gasteiger partial charge in [0.15, 0.2) is 0 Å². The summed E-state index contributed by atoms with van der Waals surface area (Å²) in [4.78, 5) is 14.8. The fraction of sp³-hybridized carbons (Fsp3) is 0.800. The van der Waals surface area contributed by atoms with Crippen molar-refractivity contribution in [3.8, 4) is 0 Å². The first-order valence-electron chi connectivity index (χ1n) is 3.20. The third-order valence-electron chi connectivity index (χ3n) is 1.48. The number of carbonyl (C=O) groups excluding carboxylic acids is 1. The molecule has 1 fully saturated rings. The topological polar surface area (TPSA) is 89.3 Å². The van der Waals surface area contributed by atoms with Gasteiger partial charge in [-0.1, -0.05) is 5.11 Å². The van der Waals surface area contributed by atoms with E-state index in [2.05, 4.69) is 10.0 Å². The van der Waals surface area contributed by atoms with Crippen molar-refractivity contribution in [1.82, 2.24) is 4.90 Å². The normalized spacial score (nSPS) is 17.0. The van der Waals surface area contributed by atoms with Crippen molar-refractivity contribution in [2.24, 2.45) is 5.11 Å². The van der Waals surface area contributed by atoms with Gasteiger partial charge in [-0.05, 0) is 5.53 Å². The molecule has 1 aliphatic heterocycles. The van der Waals surface area contributed by atoms with Crippen LogP contribution in [0.5, 0.6) is 0 Å². The number of likely N-dealkylation sites (tertiary alicyclic amines) is 1. The monoisotopic (exact) mass is 156 g/mol. The van der Waals surface area contributed by atoms with Crippen LogP contribution in [0, 0.1) is 0 Å². The van der Waals surface area contributed by atoms with Gasteiger partial charge in [0.05, 0.1) is 6.10 Å². The molecule has 1 N–H and O–H groups in total. The van der Waals surface area contributed by atoms with Crippen molar-refractivity contribution < 1.29 is 9.90 Å². The van der Waals surface area contributed by atoms with Crippen LogP contribution >= 0.6 is 0 Å². The van der Waals surface area contributed by atoms with Gasteiger partial charge < -0.3 is 10.0 Å². The molecular weight excluding hydrogens is 148 g/mol. The van der Waals surface area contributed by atoms with Gasteiger partial charge in [0.25, 0.3) is 0 Å². The first-order chi connectivity index (χ1) is 5.24. The number of amides is 1. The van der Waals surface area contributed by atoms with E-state index in [0.717, 1.165) is 0 Å². The molecule has 1 saturated heterocycles. The molecule has 6 heteroatoms. The van der Waals surface area contributed by atoms with Crippen molar-refractivity contribution in [1.29, 1.82) is 0 Å². The number of rotatable bonds is 2. The molecule has 1 heterocycles. The molecule has 0 aliphatic carbocycles. The fourth-order valence-electron chi connectivity index (χ4n) is 0.851. The lowest BCUT2D eigenvalue weighted by Gasteiger charge is -2.35. The average molecular weight is 156 g/mol. The molecule has 0 aromatic carbocycles. The first kappa shape index (κ1) is 7.84. The molecule has 0 bridgehead atoms. The van der Waals surface area contributed by atoms with Crippen LogP contribution in [-0.4, -0.2) is 41.7 Å². The molecule has 6 nitrogen and oxygen atoms in total. The van der Waals surface area contributed by atoms with E-state index < -0.39 is 6.10 Å². The number of aliphatic hydroxyl groups is 1. The van der Waals surface area contributed by atoms with Gasteiger partial charge in [0.2, 0.25) is 5.91 Å². The summed E-state index contributed by atoms with van der Waals surface area (Å²) in [6.07, 6.45) is -0.398. The second kappa shape index (κ2) is 3.23. The lowest BCUT2D eigenvalue weighted by atomic mass is 10.2. The maximum Gasteiger partial charge on any atom is 0.228 e. The number of aliphatic hydroxyl groups excluding tert-OH is 1. The zero-order valence-electron chi connectivity index (χ0n) is 5.84. The maximum absolute atomic E-state index is 10.9. The Morgan fingerprint density at radius 2 is 2.45 bits per heavy atom. The fourth-order valence-corrected chi connectivity index (χ4v) is 0.851. The number of β-amino-alcohol motifs (C(OH)–C–C–N with tert-alkyl or cyclic N) is 1. The molecule has 11 heavy (non-hydrogen) atoms. The van der Waals surface area contributed by atoms with Crippen LogP contribution in [0.2, 0.25) is 0 Å². The van der Waals surface area contributed by atoms with Crippen molar-refractivity contribution in [3.63, 3.8) is 0 Å². The zero-order chi connectivity index (χ0) is 8.27. The van der Waals surface area contributed by atoms with Crippen molar-refractivity contribution >= 4 is 5.91 Å². The van der Waals surface area contributed by atoms with Crippen LogP contribution in [0.15, 0.2) is 5.11 Å². The summed E-state index contributed by atoms with van der Waals surface area (Å²) < 4.78 is 0. The summed E-state index contributed by atoms with van der Waals surface area (Å²) in [7, 11) is 0. The number of nitrogens with zero attached hydrogens (tertiary/aromatic N) is 4. The Bertz CT molecular complexity index is 205. The maximum atomic E-state index is 10.9. The lowest BCUT2D eigenvalue weighted by molar-refractivity contribution is -0.139. The second-order valence-corrected chi connectivity index (χ2v) is 2.34. The minimum absolute atomic E-state index is 0.150. The number of hydrogen-bond donors (Lipinski definition) is 1. The predicted octanol–water partition coefficient (Wildman–Crippen LogP) is -0.500. The van der Waals surface area contributed by atoms with Gasteiger partial charge in [0.1, 0.15) is 6.54 Å². The van der Waals surface area contributed by atoms with E-state index in [1.807, 2.05) is 0 Å². The molecule has 1 rings (SSSR count). The van der Waals surface area contributed by atoms with Crippen LogP contribution < -0.4 is 0 Å². The van der Waals surface area contributed by atoms with E-state index in [4.69, 9.17) is 10.6 Å². The summed E-state index contributed by atoms with van der Waals surface area (Å²) in [5.74, 6) is -0.229. The molecule has 1 aliphatic rings. The molecule has 0 radical (unpaired) electrons. The Hall–Kier alpha value is -1.26. The van der Waals surface area contributed by atoms with E-state index in [-0.39, 0.29) is 12.5 Å². The quantitative estimate of drug-likeness (QED) is 0.331. The molecule has 1 amide bonds. The van der Waals surface area contributed by atoms with Gasteiger partial charge in [0, 0.05) is 18.0 Å². The van der Waals surface area contributed by atoms with E-state index in [9.17, 15) is 4.79 Å². The van der Waals surface area contributed by atoms with Crippen LogP contribution in [-0.2, 0) is 4.79 Å².